The summed E-state index contributed by atoms with van der Waals surface area (Å²) in [6, 6.07) is 0.149. The highest BCUT2D eigenvalue weighted by Gasteiger charge is 2.50. The van der Waals surface area contributed by atoms with Gasteiger partial charge in [0.1, 0.15) is 6.04 Å². The van der Waals surface area contributed by atoms with E-state index in [0.717, 1.165) is 28.6 Å². The maximum atomic E-state index is 15.1. The molecule has 0 amide bonds. The van der Waals surface area contributed by atoms with E-state index in [0.29, 0.717) is 0 Å². The molecule has 16 heteroatoms. The molecule has 0 radical (unpaired) electrons. The molecule has 0 saturated carbocycles. The first-order valence-electron chi connectivity index (χ1n) is 11.8. The average Bonchev–Trinajstić information content (AvgIpc) is 3.08. The van der Waals surface area contributed by atoms with E-state index in [1.807, 2.05) is 4.98 Å². The van der Waals surface area contributed by atoms with Gasteiger partial charge in [0.15, 0.2) is 11.3 Å². The van der Waals surface area contributed by atoms with Crippen molar-refractivity contribution in [1.82, 2.24) is 14.6 Å². The average molecular weight is 618 g/mol. The number of rotatable bonds is 12. The predicted octanol–water partition coefficient (Wildman–Crippen LogP) is 3.22. The van der Waals surface area contributed by atoms with Crippen molar-refractivity contribution in [2.45, 2.75) is 77.6 Å². The molecule has 1 unspecified atom stereocenters. The molecule has 11 nitrogen and oxygen atoms in total. The highest BCUT2D eigenvalue weighted by molar-refractivity contribution is 8.13. The van der Waals surface area contributed by atoms with Crippen molar-refractivity contribution in [1.29, 1.82) is 0 Å². The fraction of sp³-hybridized carbons (Fsp3) is 0.727. The number of hydrogen-bond acceptors (Lipinski definition) is 10. The Morgan fingerprint density at radius 3 is 2.61 bits per heavy atom. The number of carbonyl (C=O) groups excluding carboxylic acids is 2. The summed E-state index contributed by atoms with van der Waals surface area (Å²) in [5.74, 6) is -0.284. The zero-order valence-electron chi connectivity index (χ0n) is 22.0. The number of esters is 1. The van der Waals surface area contributed by atoms with Crippen molar-refractivity contribution in [3.8, 4) is 0 Å². The van der Waals surface area contributed by atoms with Crippen LogP contribution in [0.2, 0.25) is 0 Å². The highest BCUT2D eigenvalue weighted by Crippen LogP contribution is 2.48. The minimum atomic E-state index is -3.38. The molecule has 2 rings (SSSR count). The van der Waals surface area contributed by atoms with Gasteiger partial charge in [-0.15, -0.1) is 0 Å². The Balaban J connectivity index is 2.10. The van der Waals surface area contributed by atoms with Crippen molar-refractivity contribution >= 4 is 52.9 Å². The second-order valence-corrected chi connectivity index (χ2v) is 14.8. The minimum absolute atomic E-state index is 0.0264. The fourth-order valence-electron chi connectivity index (χ4n) is 3.14. The van der Waals surface area contributed by atoms with Crippen LogP contribution in [0.1, 0.15) is 54.2 Å². The van der Waals surface area contributed by atoms with Crippen LogP contribution in [-0.2, 0) is 39.9 Å². The van der Waals surface area contributed by atoms with Crippen LogP contribution in [-0.4, -0.2) is 63.0 Å². The number of nitrogens with one attached hydrogen (secondary N) is 2. The molecule has 216 valence electrons. The van der Waals surface area contributed by atoms with Crippen molar-refractivity contribution in [2.24, 2.45) is 5.41 Å². The van der Waals surface area contributed by atoms with Crippen molar-refractivity contribution < 1.29 is 32.5 Å². The van der Waals surface area contributed by atoms with E-state index in [1.54, 1.807) is 34.6 Å². The maximum Gasteiger partial charge on any atom is 0.330 e. The first-order valence-corrected chi connectivity index (χ1v) is 15.8. The summed E-state index contributed by atoms with van der Waals surface area (Å²) in [7, 11) is 0. The summed E-state index contributed by atoms with van der Waals surface area (Å²) in [5, 5.41) is 0.348. The second-order valence-electron chi connectivity index (χ2n) is 9.94. The van der Waals surface area contributed by atoms with Crippen molar-refractivity contribution in [3.63, 3.8) is 0 Å². The van der Waals surface area contributed by atoms with Gasteiger partial charge in [0.25, 0.3) is 12.2 Å². The summed E-state index contributed by atoms with van der Waals surface area (Å²) in [6.45, 7) is 6.72. The van der Waals surface area contributed by atoms with Gasteiger partial charge in [-0.1, -0.05) is 44.1 Å². The lowest BCUT2D eigenvalue weighted by atomic mass is 10.00. The van der Waals surface area contributed by atoms with Crippen LogP contribution in [0.25, 0.3) is 0 Å². The van der Waals surface area contributed by atoms with Gasteiger partial charge in [-0.3, -0.25) is 23.9 Å². The lowest BCUT2D eigenvalue weighted by molar-refractivity contribution is -0.149. The third-order valence-electron chi connectivity index (χ3n) is 4.96. The first kappa shape index (κ1) is 33.1. The number of hydrogen-bond donors (Lipinski definition) is 2. The van der Waals surface area contributed by atoms with Gasteiger partial charge >= 0.3 is 11.7 Å². The van der Waals surface area contributed by atoms with E-state index < -0.39 is 52.8 Å². The van der Waals surface area contributed by atoms with Crippen LogP contribution in [0.3, 0.4) is 0 Å². The molecule has 1 fully saturated rings. The van der Waals surface area contributed by atoms with Crippen LogP contribution in [0.4, 0.5) is 4.39 Å². The minimum Gasteiger partial charge on any atom is -0.462 e. The molecule has 2 N–H and O–H groups in total. The molecule has 2 heterocycles. The lowest BCUT2D eigenvalue weighted by Crippen LogP contribution is -2.37. The quantitative estimate of drug-likeness (QED) is 0.155. The normalized spacial score (nSPS) is 24.2. The topological polar surface area (TPSA) is 138 Å². The van der Waals surface area contributed by atoms with E-state index in [4.69, 9.17) is 41.9 Å². The van der Waals surface area contributed by atoms with Crippen molar-refractivity contribution in [2.75, 3.05) is 19.0 Å². The summed E-state index contributed by atoms with van der Waals surface area (Å²) < 4.78 is 38.5. The summed E-state index contributed by atoms with van der Waals surface area (Å²) in [4.78, 5) is 50.0. The van der Waals surface area contributed by atoms with E-state index in [-0.39, 0.29) is 36.6 Å². The highest BCUT2D eigenvalue weighted by atomic mass is 35.5. The van der Waals surface area contributed by atoms with E-state index in [9.17, 15) is 19.2 Å². The predicted molar refractivity (Wildman–Crippen MR) is 146 cm³/mol. The van der Waals surface area contributed by atoms with Gasteiger partial charge in [-0.05, 0) is 32.6 Å². The number of ether oxygens (including phenoxy) is 2. The number of alkyl halides is 2. The molecule has 1 aliphatic rings. The second kappa shape index (κ2) is 13.5. The standard InChI is InChI=1S/C22H34ClFN3O8PS2/c1-13(2)34-17(29)14(3)26-36(37,32-9-10-38-19(30)21(4,5)6)33-12-15-11-22(23,24)18(35-15)27-8-7-16(28)25-20(27)31/h7-8,13-15,18H,9-12H2,1-6H3,(H,26,37)(H,25,28,31)/t14-,15-,18+,22-,36?/m0/s1. The van der Waals surface area contributed by atoms with Crippen LogP contribution in [0.15, 0.2) is 21.9 Å². The smallest absolute Gasteiger partial charge is 0.330 e. The van der Waals surface area contributed by atoms with Gasteiger partial charge in [-0.2, -0.15) is 0 Å². The Morgan fingerprint density at radius 1 is 1.37 bits per heavy atom. The monoisotopic (exact) mass is 617 g/mol. The van der Waals surface area contributed by atoms with Gasteiger partial charge < -0.3 is 18.5 Å². The third kappa shape index (κ3) is 9.81. The van der Waals surface area contributed by atoms with Crippen LogP contribution in [0.5, 0.6) is 0 Å². The fourth-order valence-corrected chi connectivity index (χ4v) is 6.75. The molecule has 0 bridgehead atoms. The molecule has 1 aromatic heterocycles. The molecule has 0 spiro atoms. The molecule has 5 atom stereocenters. The molecule has 1 aliphatic heterocycles. The van der Waals surface area contributed by atoms with Crippen LogP contribution < -0.4 is 16.3 Å². The largest absolute Gasteiger partial charge is 0.462 e. The summed E-state index contributed by atoms with van der Waals surface area (Å²) >= 11 is 12.7. The van der Waals surface area contributed by atoms with E-state index in [2.05, 4.69) is 5.09 Å². The van der Waals surface area contributed by atoms with Crippen LogP contribution in [0, 0.1) is 5.41 Å². The maximum absolute atomic E-state index is 15.1. The number of halogens is 2. The van der Waals surface area contributed by atoms with Gasteiger partial charge in [0.05, 0.1) is 25.4 Å². The Kier molecular flexibility index (Phi) is 11.7. The van der Waals surface area contributed by atoms with Gasteiger partial charge in [-0.25, -0.2) is 14.3 Å². The number of carbonyl (C=O) groups is 2. The number of aromatic amines is 1. The van der Waals surface area contributed by atoms with Gasteiger partial charge in [0.2, 0.25) is 5.13 Å². The number of H-pyrrole nitrogens is 1. The number of aromatic nitrogens is 2. The zero-order chi connectivity index (χ0) is 28.9. The lowest BCUT2D eigenvalue weighted by Gasteiger charge is -2.27. The molecule has 0 aromatic carbocycles. The Bertz CT molecular complexity index is 1160. The molecule has 1 saturated heterocycles. The molecular formula is C22H34ClFN3O8PS2. The van der Waals surface area contributed by atoms with E-state index >= 15 is 4.39 Å². The van der Waals surface area contributed by atoms with Crippen molar-refractivity contribution in [3.05, 3.63) is 33.1 Å². The van der Waals surface area contributed by atoms with Crippen LogP contribution >= 0.6 is 30.0 Å². The first-order chi connectivity index (χ1) is 17.4. The van der Waals surface area contributed by atoms with E-state index in [1.165, 1.54) is 6.92 Å². The molecular weight excluding hydrogens is 584 g/mol. The molecule has 1 aromatic rings. The third-order valence-corrected chi connectivity index (χ3v) is 9.21. The Hall–Kier alpha value is -1.12. The van der Waals surface area contributed by atoms with Gasteiger partial charge in [0, 0.05) is 29.9 Å². The molecule has 38 heavy (non-hydrogen) atoms. The zero-order valence-corrected chi connectivity index (χ0v) is 25.3. The number of thioether (sulfide) groups is 1. The Labute approximate surface area is 234 Å². The molecule has 0 aliphatic carbocycles. The SMILES string of the molecule is CC(C)OC(=O)[C@H](C)NP(=S)(OCCSC(=O)C(C)(C)C)OC[C@@H]1C[C@@](F)(Cl)[C@H](n2ccc(=O)[nH]c2=O)O1. The summed E-state index contributed by atoms with van der Waals surface area (Å²) in [6.07, 6.45) is -2.11. The summed E-state index contributed by atoms with van der Waals surface area (Å²) in [5.41, 5.74) is -2.07. The number of nitrogens with zero attached hydrogens (tertiary/aromatic N) is 1. The Morgan fingerprint density at radius 2 is 2.03 bits per heavy atom.